The van der Waals surface area contributed by atoms with Crippen molar-refractivity contribution in [2.24, 2.45) is 5.73 Å². The summed E-state index contributed by atoms with van der Waals surface area (Å²) in [6.45, 7) is 5.63. The van der Waals surface area contributed by atoms with Gasteiger partial charge in [0.2, 0.25) is 0 Å². The number of nitrogens with one attached hydrogen (secondary N) is 1. The van der Waals surface area contributed by atoms with Gasteiger partial charge in [-0.1, -0.05) is 26.2 Å². The number of hydroxylamine groups is 1. The molecule has 0 spiro atoms. The van der Waals surface area contributed by atoms with Crippen LogP contribution in [0, 0.1) is 0 Å². The molecule has 3 N–H and O–H groups in total. The van der Waals surface area contributed by atoms with Crippen LogP contribution >= 0.6 is 0 Å². The molecule has 1 unspecified atom stereocenters. The summed E-state index contributed by atoms with van der Waals surface area (Å²) in [5.74, 6) is 0. The number of unbranched alkanes of at least 4 members (excludes halogenated alkanes) is 3. The highest BCUT2D eigenvalue weighted by Crippen LogP contribution is 1.97. The molecule has 0 aromatic heterocycles. The zero-order valence-corrected chi connectivity index (χ0v) is 8.31. The second kappa shape index (κ2) is 8.97. The molecule has 1 atom stereocenters. The quantitative estimate of drug-likeness (QED) is 0.432. The molecular weight excluding hydrogens is 152 g/mol. The van der Waals surface area contributed by atoms with Gasteiger partial charge in [0.05, 0.1) is 6.61 Å². The van der Waals surface area contributed by atoms with Gasteiger partial charge in [-0.2, -0.15) is 5.48 Å². The number of hydrogen-bond acceptors (Lipinski definition) is 3. The monoisotopic (exact) mass is 174 g/mol. The van der Waals surface area contributed by atoms with Crippen molar-refractivity contribution in [3.8, 4) is 0 Å². The molecule has 3 nitrogen and oxygen atoms in total. The third-order valence-corrected chi connectivity index (χ3v) is 1.74. The molecule has 12 heavy (non-hydrogen) atoms. The highest BCUT2D eigenvalue weighted by Gasteiger charge is 1.95. The van der Waals surface area contributed by atoms with E-state index in [1.165, 1.54) is 19.3 Å². The van der Waals surface area contributed by atoms with Crippen LogP contribution in [0.5, 0.6) is 0 Å². The highest BCUT2D eigenvalue weighted by atomic mass is 16.6. The maximum atomic E-state index is 5.39. The summed E-state index contributed by atoms with van der Waals surface area (Å²) in [5, 5.41) is 0. The molecular formula is C9H22N2O. The van der Waals surface area contributed by atoms with Gasteiger partial charge in [-0.05, 0) is 13.3 Å². The van der Waals surface area contributed by atoms with Gasteiger partial charge in [0, 0.05) is 12.6 Å². The predicted molar refractivity (Wildman–Crippen MR) is 51.7 cm³/mol. The van der Waals surface area contributed by atoms with Crippen molar-refractivity contribution in [2.75, 3.05) is 13.2 Å². The molecule has 0 saturated heterocycles. The lowest BCUT2D eigenvalue weighted by Gasteiger charge is -2.10. The fourth-order valence-electron chi connectivity index (χ4n) is 0.850. The third kappa shape index (κ3) is 7.98. The number of hydrogen-bond donors (Lipinski definition) is 2. The first-order valence-corrected chi connectivity index (χ1v) is 4.88. The third-order valence-electron chi connectivity index (χ3n) is 1.74. The summed E-state index contributed by atoms with van der Waals surface area (Å²) in [5.41, 5.74) is 8.28. The fraction of sp³-hybridized carbons (Fsp3) is 1.00. The molecule has 0 fully saturated rings. The Morgan fingerprint density at radius 1 is 1.33 bits per heavy atom. The minimum Gasteiger partial charge on any atom is -0.329 e. The van der Waals surface area contributed by atoms with Crippen molar-refractivity contribution in [2.45, 2.75) is 45.6 Å². The SMILES string of the molecule is CCCCCCONC(C)CN. The lowest BCUT2D eigenvalue weighted by molar-refractivity contribution is 0.0197. The van der Waals surface area contributed by atoms with Crippen LogP contribution in [0.25, 0.3) is 0 Å². The molecule has 0 aromatic rings. The highest BCUT2D eigenvalue weighted by molar-refractivity contribution is 4.52. The van der Waals surface area contributed by atoms with Crippen LogP contribution in [-0.4, -0.2) is 19.2 Å². The lowest BCUT2D eigenvalue weighted by Crippen LogP contribution is -2.33. The Morgan fingerprint density at radius 3 is 2.67 bits per heavy atom. The van der Waals surface area contributed by atoms with Gasteiger partial charge in [0.15, 0.2) is 0 Å². The molecule has 3 heteroatoms. The van der Waals surface area contributed by atoms with Crippen LogP contribution in [0.1, 0.15) is 39.5 Å². The number of nitrogens with two attached hydrogens (primary N) is 1. The van der Waals surface area contributed by atoms with Crippen LogP contribution in [0.3, 0.4) is 0 Å². The Morgan fingerprint density at radius 2 is 2.08 bits per heavy atom. The van der Waals surface area contributed by atoms with E-state index in [0.29, 0.717) is 6.54 Å². The molecule has 0 radical (unpaired) electrons. The van der Waals surface area contributed by atoms with Gasteiger partial charge in [0.1, 0.15) is 0 Å². The van der Waals surface area contributed by atoms with E-state index in [4.69, 9.17) is 10.6 Å². The van der Waals surface area contributed by atoms with E-state index >= 15 is 0 Å². The Kier molecular flexibility index (Phi) is 8.88. The van der Waals surface area contributed by atoms with Crippen molar-refractivity contribution >= 4 is 0 Å². The van der Waals surface area contributed by atoms with Crippen molar-refractivity contribution in [1.82, 2.24) is 5.48 Å². The minimum atomic E-state index is 0.260. The van der Waals surface area contributed by atoms with E-state index in [0.717, 1.165) is 13.0 Å². The number of rotatable bonds is 8. The van der Waals surface area contributed by atoms with Crippen LogP contribution in [0.4, 0.5) is 0 Å². The lowest BCUT2D eigenvalue weighted by atomic mass is 10.2. The van der Waals surface area contributed by atoms with E-state index in [-0.39, 0.29) is 6.04 Å². The van der Waals surface area contributed by atoms with Crippen molar-refractivity contribution in [1.29, 1.82) is 0 Å². The predicted octanol–water partition coefficient (Wildman–Crippen LogP) is 1.44. The van der Waals surface area contributed by atoms with Crippen molar-refractivity contribution in [3.05, 3.63) is 0 Å². The Hall–Kier alpha value is -0.120. The zero-order valence-electron chi connectivity index (χ0n) is 8.31. The van der Waals surface area contributed by atoms with Gasteiger partial charge >= 0.3 is 0 Å². The molecule has 0 amide bonds. The smallest absolute Gasteiger partial charge is 0.0682 e. The van der Waals surface area contributed by atoms with E-state index < -0.39 is 0 Å². The molecule has 0 aliphatic heterocycles. The normalized spacial score (nSPS) is 13.2. The average molecular weight is 174 g/mol. The van der Waals surface area contributed by atoms with E-state index in [1.54, 1.807) is 0 Å². The first kappa shape index (κ1) is 11.9. The summed E-state index contributed by atoms with van der Waals surface area (Å²) >= 11 is 0. The standard InChI is InChI=1S/C9H22N2O/c1-3-4-5-6-7-12-11-9(2)8-10/h9,11H,3-8,10H2,1-2H3. The van der Waals surface area contributed by atoms with Crippen LogP contribution in [0.15, 0.2) is 0 Å². The Labute approximate surface area is 75.6 Å². The van der Waals surface area contributed by atoms with Gasteiger partial charge in [-0.3, -0.25) is 0 Å². The summed E-state index contributed by atoms with van der Waals surface area (Å²) in [6, 6.07) is 0.260. The van der Waals surface area contributed by atoms with Crippen molar-refractivity contribution < 1.29 is 4.84 Å². The Bertz CT molecular complexity index is 88.6. The first-order valence-electron chi connectivity index (χ1n) is 4.88. The molecule has 0 aliphatic carbocycles. The van der Waals surface area contributed by atoms with Gasteiger partial charge in [-0.25, -0.2) is 0 Å². The van der Waals surface area contributed by atoms with Crippen LogP contribution in [-0.2, 0) is 4.84 Å². The fourth-order valence-corrected chi connectivity index (χ4v) is 0.850. The molecule has 0 rings (SSSR count). The van der Waals surface area contributed by atoms with Gasteiger partial charge < -0.3 is 10.6 Å². The molecule has 0 aromatic carbocycles. The molecule has 74 valence electrons. The summed E-state index contributed by atoms with van der Waals surface area (Å²) in [6.07, 6.45) is 4.97. The maximum absolute atomic E-state index is 5.39. The van der Waals surface area contributed by atoms with Gasteiger partial charge in [-0.15, -0.1) is 0 Å². The van der Waals surface area contributed by atoms with Gasteiger partial charge in [0.25, 0.3) is 0 Å². The minimum absolute atomic E-state index is 0.260. The van der Waals surface area contributed by atoms with Crippen LogP contribution < -0.4 is 11.2 Å². The van der Waals surface area contributed by atoms with E-state index in [1.807, 2.05) is 6.92 Å². The average Bonchev–Trinajstić information content (AvgIpc) is 2.10. The Balaban J connectivity index is 2.90. The molecule has 0 heterocycles. The topological polar surface area (TPSA) is 47.3 Å². The maximum Gasteiger partial charge on any atom is 0.0682 e. The molecule has 0 saturated carbocycles. The summed E-state index contributed by atoms with van der Waals surface area (Å²) in [7, 11) is 0. The van der Waals surface area contributed by atoms with E-state index in [2.05, 4.69) is 12.4 Å². The zero-order chi connectivity index (χ0) is 9.23. The largest absolute Gasteiger partial charge is 0.329 e. The first-order chi connectivity index (χ1) is 5.81. The van der Waals surface area contributed by atoms with Crippen LogP contribution in [0.2, 0.25) is 0 Å². The van der Waals surface area contributed by atoms with E-state index in [9.17, 15) is 0 Å². The molecule has 0 bridgehead atoms. The second-order valence-corrected chi connectivity index (χ2v) is 3.16. The second-order valence-electron chi connectivity index (χ2n) is 3.16. The summed E-state index contributed by atoms with van der Waals surface area (Å²) in [4.78, 5) is 5.20. The van der Waals surface area contributed by atoms with Crippen molar-refractivity contribution in [3.63, 3.8) is 0 Å². The summed E-state index contributed by atoms with van der Waals surface area (Å²) < 4.78 is 0. The molecule has 0 aliphatic rings.